The van der Waals surface area contributed by atoms with Crippen LogP contribution in [0, 0.1) is 5.82 Å². The van der Waals surface area contributed by atoms with Crippen LogP contribution in [0.4, 0.5) is 16.0 Å². The highest BCUT2D eigenvalue weighted by Gasteiger charge is 2.24. The largest absolute Gasteiger partial charge is 0.495 e. The summed E-state index contributed by atoms with van der Waals surface area (Å²) < 4.78 is 27.1. The number of hydrogen-bond donors (Lipinski definition) is 1. The van der Waals surface area contributed by atoms with Crippen molar-refractivity contribution in [2.24, 2.45) is 7.05 Å². The Morgan fingerprint density at radius 3 is 2.74 bits per heavy atom. The molecule has 0 bridgehead atoms. The summed E-state index contributed by atoms with van der Waals surface area (Å²) in [6.45, 7) is 1.68. The SMILES string of the molecule is COc1cc(C(=O)N2CCOCC2)c(F)cc1Nc1ncc(Cl)c(-c2cnn(C)c2)n1. The van der Waals surface area contributed by atoms with E-state index in [1.807, 2.05) is 0 Å². The van der Waals surface area contributed by atoms with Crippen molar-refractivity contribution in [1.82, 2.24) is 24.6 Å². The lowest BCUT2D eigenvalue weighted by molar-refractivity contribution is 0.0299. The average Bonchev–Trinajstić information content (AvgIpc) is 3.21. The van der Waals surface area contributed by atoms with E-state index in [-0.39, 0.29) is 22.9 Å². The van der Waals surface area contributed by atoms with Gasteiger partial charge in [-0.2, -0.15) is 5.10 Å². The van der Waals surface area contributed by atoms with Crippen molar-refractivity contribution in [3.8, 4) is 17.0 Å². The zero-order chi connectivity index (χ0) is 22.0. The Labute approximate surface area is 182 Å². The Balaban J connectivity index is 1.63. The molecule has 1 aliphatic rings. The second-order valence-corrected chi connectivity index (χ2v) is 7.26. The maximum Gasteiger partial charge on any atom is 0.257 e. The van der Waals surface area contributed by atoms with Crippen LogP contribution >= 0.6 is 11.6 Å². The third-order valence-electron chi connectivity index (χ3n) is 4.79. The maximum absolute atomic E-state index is 14.8. The number of anilines is 2. The topological polar surface area (TPSA) is 94.4 Å². The average molecular weight is 447 g/mol. The van der Waals surface area contributed by atoms with Gasteiger partial charge in [0.05, 0.1) is 54.7 Å². The predicted octanol–water partition coefficient (Wildman–Crippen LogP) is 2.89. The van der Waals surface area contributed by atoms with Crippen molar-refractivity contribution in [3.05, 3.63) is 47.1 Å². The molecule has 11 heteroatoms. The van der Waals surface area contributed by atoms with Gasteiger partial charge in [-0.3, -0.25) is 9.48 Å². The highest BCUT2D eigenvalue weighted by Crippen LogP contribution is 2.32. The molecule has 0 aliphatic carbocycles. The van der Waals surface area contributed by atoms with Gasteiger partial charge in [-0.1, -0.05) is 11.6 Å². The molecular formula is C20H20ClFN6O3. The minimum absolute atomic E-state index is 0.0719. The van der Waals surface area contributed by atoms with Gasteiger partial charge in [-0.05, 0) is 6.07 Å². The zero-order valence-corrected chi connectivity index (χ0v) is 17.7. The lowest BCUT2D eigenvalue weighted by Gasteiger charge is -2.27. The summed E-state index contributed by atoms with van der Waals surface area (Å²) in [4.78, 5) is 22.8. The van der Waals surface area contributed by atoms with Gasteiger partial charge in [-0.25, -0.2) is 14.4 Å². The van der Waals surface area contributed by atoms with E-state index >= 15 is 0 Å². The lowest BCUT2D eigenvalue weighted by Crippen LogP contribution is -2.41. The van der Waals surface area contributed by atoms with Crippen LogP contribution in [0.5, 0.6) is 5.75 Å². The number of halogens is 2. The van der Waals surface area contributed by atoms with Crippen LogP contribution in [0.3, 0.4) is 0 Å². The highest BCUT2D eigenvalue weighted by molar-refractivity contribution is 6.32. The van der Waals surface area contributed by atoms with Gasteiger partial charge in [0, 0.05) is 38.0 Å². The number of amides is 1. The van der Waals surface area contributed by atoms with Gasteiger partial charge < -0.3 is 19.7 Å². The molecule has 1 aromatic carbocycles. The molecule has 0 atom stereocenters. The third-order valence-corrected chi connectivity index (χ3v) is 5.06. The Bertz CT molecular complexity index is 1120. The molecule has 9 nitrogen and oxygen atoms in total. The zero-order valence-electron chi connectivity index (χ0n) is 16.9. The first-order valence-electron chi connectivity index (χ1n) is 9.49. The fraction of sp³-hybridized carbons (Fsp3) is 0.300. The molecule has 1 N–H and O–H groups in total. The molecule has 1 fully saturated rings. The normalized spacial score (nSPS) is 13.9. The van der Waals surface area contributed by atoms with E-state index in [4.69, 9.17) is 21.1 Å². The number of nitrogens with zero attached hydrogens (tertiary/aromatic N) is 5. The van der Waals surface area contributed by atoms with E-state index < -0.39 is 11.7 Å². The first-order valence-corrected chi connectivity index (χ1v) is 9.87. The molecule has 0 saturated carbocycles. The standard InChI is InChI=1S/C20H20ClFN6O3/c1-27-11-12(9-24-27)18-14(21)10-23-20(26-18)25-16-8-15(22)13(7-17(16)30-2)19(29)28-3-5-31-6-4-28/h7-11H,3-6H2,1-2H3,(H,23,25,26). The third kappa shape index (κ3) is 4.44. The van der Waals surface area contributed by atoms with E-state index in [0.29, 0.717) is 42.6 Å². The molecule has 0 radical (unpaired) electrons. The molecular weight excluding hydrogens is 427 g/mol. The van der Waals surface area contributed by atoms with E-state index in [9.17, 15) is 9.18 Å². The van der Waals surface area contributed by atoms with E-state index in [2.05, 4.69) is 20.4 Å². The van der Waals surface area contributed by atoms with E-state index in [1.165, 1.54) is 25.4 Å². The second-order valence-electron chi connectivity index (χ2n) is 6.85. The van der Waals surface area contributed by atoms with Crippen LogP contribution in [0.2, 0.25) is 5.02 Å². The van der Waals surface area contributed by atoms with Crippen LogP contribution in [0.1, 0.15) is 10.4 Å². The monoisotopic (exact) mass is 446 g/mol. The number of aryl methyl sites for hydroxylation is 1. The number of carbonyl (C=O) groups excluding carboxylic acids is 1. The molecule has 31 heavy (non-hydrogen) atoms. The summed E-state index contributed by atoms with van der Waals surface area (Å²) in [7, 11) is 3.22. The Morgan fingerprint density at radius 2 is 2.06 bits per heavy atom. The van der Waals surface area contributed by atoms with Gasteiger partial charge in [0.15, 0.2) is 0 Å². The van der Waals surface area contributed by atoms with Gasteiger partial charge in [0.2, 0.25) is 5.95 Å². The van der Waals surface area contributed by atoms with Crippen molar-refractivity contribution >= 4 is 29.1 Å². The Hall–Kier alpha value is -3.24. The summed E-state index contributed by atoms with van der Waals surface area (Å²) in [5.41, 5.74) is 1.39. The fourth-order valence-corrected chi connectivity index (χ4v) is 3.41. The summed E-state index contributed by atoms with van der Waals surface area (Å²) in [5.74, 6) is -0.624. The van der Waals surface area contributed by atoms with Gasteiger partial charge in [0.1, 0.15) is 11.6 Å². The smallest absolute Gasteiger partial charge is 0.257 e. The van der Waals surface area contributed by atoms with Crippen LogP contribution < -0.4 is 10.1 Å². The molecule has 4 rings (SSSR count). The Morgan fingerprint density at radius 1 is 1.29 bits per heavy atom. The molecule has 1 amide bonds. The quantitative estimate of drug-likeness (QED) is 0.644. The number of aromatic nitrogens is 4. The molecule has 3 heterocycles. The van der Waals surface area contributed by atoms with Crippen molar-refractivity contribution < 1.29 is 18.7 Å². The Kier molecular flexibility index (Phi) is 6.01. The van der Waals surface area contributed by atoms with Crippen LogP contribution in [-0.2, 0) is 11.8 Å². The highest BCUT2D eigenvalue weighted by atomic mass is 35.5. The number of carbonyl (C=O) groups is 1. The number of benzene rings is 1. The number of hydrogen-bond acceptors (Lipinski definition) is 7. The molecule has 162 valence electrons. The fourth-order valence-electron chi connectivity index (χ4n) is 3.21. The lowest BCUT2D eigenvalue weighted by atomic mass is 10.1. The second kappa shape index (κ2) is 8.86. The molecule has 1 aliphatic heterocycles. The molecule has 3 aromatic rings. The van der Waals surface area contributed by atoms with E-state index in [1.54, 1.807) is 29.0 Å². The molecule has 2 aromatic heterocycles. The number of morpholine rings is 1. The summed E-state index contributed by atoms with van der Waals surface area (Å²) in [5, 5.41) is 7.40. The maximum atomic E-state index is 14.8. The van der Waals surface area contributed by atoms with Gasteiger partial charge in [0.25, 0.3) is 5.91 Å². The number of rotatable bonds is 5. The molecule has 0 unspecified atom stereocenters. The van der Waals surface area contributed by atoms with Crippen molar-refractivity contribution in [1.29, 1.82) is 0 Å². The summed E-state index contributed by atoms with van der Waals surface area (Å²) in [6.07, 6.45) is 4.84. The van der Waals surface area contributed by atoms with Crippen LogP contribution in [-0.4, -0.2) is 64.0 Å². The first-order chi connectivity index (χ1) is 15.0. The minimum atomic E-state index is -0.679. The van der Waals surface area contributed by atoms with Gasteiger partial charge in [-0.15, -0.1) is 0 Å². The summed E-state index contributed by atoms with van der Waals surface area (Å²) >= 11 is 6.23. The van der Waals surface area contributed by atoms with E-state index in [0.717, 1.165) is 0 Å². The number of nitrogens with one attached hydrogen (secondary N) is 1. The minimum Gasteiger partial charge on any atom is -0.495 e. The van der Waals surface area contributed by atoms with Crippen LogP contribution in [0.15, 0.2) is 30.7 Å². The first kappa shape index (κ1) is 21.0. The van der Waals surface area contributed by atoms with Crippen molar-refractivity contribution in [2.75, 3.05) is 38.7 Å². The molecule has 0 spiro atoms. The van der Waals surface area contributed by atoms with Gasteiger partial charge >= 0.3 is 0 Å². The number of ether oxygens (including phenoxy) is 2. The predicted molar refractivity (Wildman–Crippen MR) is 112 cm³/mol. The van der Waals surface area contributed by atoms with Crippen LogP contribution in [0.25, 0.3) is 11.3 Å². The summed E-state index contributed by atoms with van der Waals surface area (Å²) in [6, 6.07) is 2.56. The van der Waals surface area contributed by atoms with Crippen molar-refractivity contribution in [3.63, 3.8) is 0 Å². The molecule has 1 saturated heterocycles. The van der Waals surface area contributed by atoms with Crippen molar-refractivity contribution in [2.45, 2.75) is 0 Å². The number of methoxy groups -OCH3 is 1.